The van der Waals surface area contributed by atoms with E-state index in [0.717, 1.165) is 18.4 Å². The Balaban J connectivity index is 1.63. The predicted molar refractivity (Wildman–Crippen MR) is 129 cm³/mol. The van der Waals surface area contributed by atoms with E-state index in [1.54, 1.807) is 35.5 Å². The average Bonchev–Trinajstić information content (AvgIpc) is 3.21. The molecule has 8 heteroatoms. The number of carbonyl (C=O) groups excluding carboxylic acids is 1. The number of nitrogens with two attached hydrogens (primary N) is 1. The fraction of sp³-hybridized carbons (Fsp3) is 0.231. The molecule has 2 N–H and O–H groups in total. The summed E-state index contributed by atoms with van der Waals surface area (Å²) in [4.78, 5) is 27.1. The number of pyridine rings is 1. The van der Waals surface area contributed by atoms with E-state index in [2.05, 4.69) is 15.0 Å². The van der Waals surface area contributed by atoms with Crippen molar-refractivity contribution in [3.8, 4) is 22.9 Å². The Kier molecular flexibility index (Phi) is 5.57. The molecule has 0 saturated carbocycles. The summed E-state index contributed by atoms with van der Waals surface area (Å²) in [7, 11) is 0. The van der Waals surface area contributed by atoms with Gasteiger partial charge >= 0.3 is 0 Å². The van der Waals surface area contributed by atoms with Crippen LogP contribution >= 0.6 is 0 Å². The van der Waals surface area contributed by atoms with E-state index in [4.69, 9.17) is 10.5 Å². The highest BCUT2D eigenvalue weighted by atomic mass is 19.1. The van der Waals surface area contributed by atoms with Crippen LogP contribution in [-0.4, -0.2) is 27.4 Å². The Morgan fingerprint density at radius 1 is 1.12 bits per heavy atom. The molecule has 0 aliphatic carbocycles. The zero-order chi connectivity index (χ0) is 23.8. The molecule has 1 fully saturated rings. The van der Waals surface area contributed by atoms with Gasteiger partial charge in [0.25, 0.3) is 0 Å². The molecule has 1 saturated heterocycles. The molecule has 2 aromatic heterocycles. The lowest BCUT2D eigenvalue weighted by molar-refractivity contribution is -0.120. The van der Waals surface area contributed by atoms with Gasteiger partial charge in [-0.25, -0.2) is 19.3 Å². The summed E-state index contributed by atoms with van der Waals surface area (Å²) in [5.41, 5.74) is 8.14. The summed E-state index contributed by atoms with van der Waals surface area (Å²) in [5.74, 6) is 0.485. The summed E-state index contributed by atoms with van der Waals surface area (Å²) in [5, 5.41) is 1.32. The number of hydrogen-bond acceptors (Lipinski definition) is 6. The highest BCUT2D eigenvalue weighted by molar-refractivity contribution is 6.07. The molecule has 34 heavy (non-hydrogen) atoms. The monoisotopic (exact) mass is 457 g/mol. The van der Waals surface area contributed by atoms with Crippen molar-refractivity contribution in [2.45, 2.75) is 26.7 Å². The molecule has 0 bridgehead atoms. The lowest BCUT2D eigenvalue weighted by Crippen LogP contribution is -2.28. The number of rotatable bonds is 5. The number of aromatic nitrogens is 3. The first-order valence-corrected chi connectivity index (χ1v) is 11.2. The maximum Gasteiger partial charge on any atom is 0.230 e. The highest BCUT2D eigenvalue weighted by Crippen LogP contribution is 2.41. The normalized spacial score (nSPS) is 15.8. The van der Waals surface area contributed by atoms with Gasteiger partial charge < -0.3 is 15.4 Å². The third-order valence-electron chi connectivity index (χ3n) is 6.27. The van der Waals surface area contributed by atoms with E-state index in [-0.39, 0.29) is 17.8 Å². The molecule has 172 valence electrons. The minimum Gasteiger partial charge on any atom is -0.437 e. The third-order valence-corrected chi connectivity index (χ3v) is 6.27. The Bertz CT molecular complexity index is 1410. The number of nitrogens with zero attached hydrogens (tertiary/aromatic N) is 4. The third kappa shape index (κ3) is 3.71. The van der Waals surface area contributed by atoms with Crippen LogP contribution in [0.2, 0.25) is 0 Å². The Labute approximate surface area is 196 Å². The van der Waals surface area contributed by atoms with Gasteiger partial charge in [0.15, 0.2) is 0 Å². The van der Waals surface area contributed by atoms with Crippen LogP contribution in [0.3, 0.4) is 0 Å². The molecule has 3 heterocycles. The van der Waals surface area contributed by atoms with E-state index < -0.39 is 5.82 Å². The second-order valence-electron chi connectivity index (χ2n) is 8.34. The van der Waals surface area contributed by atoms with Crippen LogP contribution in [0.25, 0.3) is 22.0 Å². The number of fused-ring (bicyclic) bond motifs is 1. The van der Waals surface area contributed by atoms with Gasteiger partial charge in [-0.05, 0) is 55.7 Å². The van der Waals surface area contributed by atoms with Crippen molar-refractivity contribution < 1.29 is 13.9 Å². The lowest BCUT2D eigenvalue weighted by atomic mass is 10.0. The second kappa shape index (κ2) is 8.70. The highest BCUT2D eigenvalue weighted by Gasteiger charge is 2.33. The SMILES string of the molecule is CCC1CCN(c2c(F)ccc3c(Oc4ncccc4-c4ccnc(N)n4)c(C)ccc23)C1=O. The molecule has 1 atom stereocenters. The van der Waals surface area contributed by atoms with Crippen molar-refractivity contribution >= 4 is 28.3 Å². The van der Waals surface area contributed by atoms with Crippen LogP contribution in [-0.2, 0) is 4.79 Å². The number of aryl methyl sites for hydroxylation is 1. The maximum atomic E-state index is 15.1. The fourth-order valence-corrected chi connectivity index (χ4v) is 4.48. The van der Waals surface area contributed by atoms with Crippen molar-refractivity contribution in [1.29, 1.82) is 0 Å². The summed E-state index contributed by atoms with van der Waals surface area (Å²) in [6.07, 6.45) is 4.66. The summed E-state index contributed by atoms with van der Waals surface area (Å²) < 4.78 is 21.4. The topological polar surface area (TPSA) is 94.2 Å². The number of carbonyl (C=O) groups is 1. The van der Waals surface area contributed by atoms with Gasteiger partial charge in [-0.2, -0.15) is 0 Å². The summed E-state index contributed by atoms with van der Waals surface area (Å²) in [6.45, 7) is 4.39. The number of ether oxygens (including phenoxy) is 1. The Morgan fingerprint density at radius 3 is 2.71 bits per heavy atom. The van der Waals surface area contributed by atoms with Gasteiger partial charge in [-0.3, -0.25) is 4.79 Å². The van der Waals surface area contributed by atoms with Crippen molar-refractivity contribution in [3.05, 3.63) is 66.2 Å². The molecule has 1 unspecified atom stereocenters. The van der Waals surface area contributed by atoms with Gasteiger partial charge in [0.1, 0.15) is 11.6 Å². The van der Waals surface area contributed by atoms with Crippen LogP contribution in [0.15, 0.2) is 54.9 Å². The number of halogens is 1. The van der Waals surface area contributed by atoms with Crippen molar-refractivity contribution in [2.24, 2.45) is 5.92 Å². The number of amides is 1. The number of benzene rings is 2. The molecular weight excluding hydrogens is 433 g/mol. The molecule has 0 spiro atoms. The largest absolute Gasteiger partial charge is 0.437 e. The summed E-state index contributed by atoms with van der Waals surface area (Å²) in [6, 6.07) is 12.1. The molecule has 4 aromatic rings. The van der Waals surface area contributed by atoms with Crippen LogP contribution in [0, 0.1) is 18.7 Å². The second-order valence-corrected chi connectivity index (χ2v) is 8.34. The zero-order valence-electron chi connectivity index (χ0n) is 19.0. The Morgan fingerprint density at radius 2 is 1.94 bits per heavy atom. The van der Waals surface area contributed by atoms with Gasteiger partial charge in [0, 0.05) is 35.6 Å². The molecule has 1 amide bonds. The first-order chi connectivity index (χ1) is 16.5. The lowest BCUT2D eigenvalue weighted by Gasteiger charge is -2.21. The molecule has 7 nitrogen and oxygen atoms in total. The van der Waals surface area contributed by atoms with Crippen LogP contribution in [0.5, 0.6) is 11.6 Å². The molecule has 2 aromatic carbocycles. The van der Waals surface area contributed by atoms with Crippen molar-refractivity contribution in [3.63, 3.8) is 0 Å². The molecule has 0 radical (unpaired) electrons. The minimum absolute atomic E-state index is 0.0368. The standard InChI is InChI=1S/C26H24FN5O2/c1-3-16-11-14-32(25(16)33)22-17-7-6-15(2)23(18(17)8-9-20(22)27)34-24-19(5-4-12-29-24)21-10-13-30-26(28)31-21/h4-10,12-13,16H,3,11,14H2,1-2H3,(H2,28,30,31). The molecular formula is C26H24FN5O2. The predicted octanol–water partition coefficient (Wildman–Crippen LogP) is 5.28. The molecule has 1 aliphatic heterocycles. The molecule has 1 aliphatic rings. The smallest absolute Gasteiger partial charge is 0.230 e. The number of anilines is 2. The zero-order valence-corrected chi connectivity index (χ0v) is 19.0. The van der Waals surface area contributed by atoms with Gasteiger partial charge in [-0.1, -0.05) is 19.1 Å². The first-order valence-electron chi connectivity index (χ1n) is 11.2. The maximum absolute atomic E-state index is 15.1. The average molecular weight is 458 g/mol. The fourth-order valence-electron chi connectivity index (χ4n) is 4.48. The van der Waals surface area contributed by atoms with E-state index in [1.807, 2.05) is 32.0 Å². The number of hydrogen-bond donors (Lipinski definition) is 1. The van der Waals surface area contributed by atoms with Crippen LogP contribution in [0.1, 0.15) is 25.3 Å². The van der Waals surface area contributed by atoms with Gasteiger partial charge in [0.05, 0.1) is 16.9 Å². The van der Waals surface area contributed by atoms with E-state index in [9.17, 15) is 4.79 Å². The van der Waals surface area contributed by atoms with Crippen LogP contribution < -0.4 is 15.4 Å². The van der Waals surface area contributed by atoms with E-state index in [0.29, 0.717) is 45.9 Å². The van der Waals surface area contributed by atoms with Crippen LogP contribution in [0.4, 0.5) is 16.0 Å². The quantitative estimate of drug-likeness (QED) is 0.438. The van der Waals surface area contributed by atoms with Crippen molar-refractivity contribution in [1.82, 2.24) is 15.0 Å². The molecule has 5 rings (SSSR count). The van der Waals surface area contributed by atoms with Gasteiger partial charge in [0.2, 0.25) is 17.7 Å². The van der Waals surface area contributed by atoms with Gasteiger partial charge in [-0.15, -0.1) is 0 Å². The first kappa shape index (κ1) is 21.8. The number of nitrogen functional groups attached to an aromatic ring is 1. The minimum atomic E-state index is -0.428. The van der Waals surface area contributed by atoms with Crippen molar-refractivity contribution in [2.75, 3.05) is 17.2 Å². The van der Waals surface area contributed by atoms with E-state index >= 15 is 4.39 Å². The van der Waals surface area contributed by atoms with E-state index in [1.165, 1.54) is 6.07 Å². The Hall–Kier alpha value is -4.07. The summed E-state index contributed by atoms with van der Waals surface area (Å²) >= 11 is 0.